The van der Waals surface area contributed by atoms with Gasteiger partial charge in [-0.15, -0.1) is 0 Å². The van der Waals surface area contributed by atoms with Crippen LogP contribution in [0.15, 0.2) is 0 Å². The molecule has 2 nitrogen and oxygen atoms in total. The molecule has 0 aromatic heterocycles. The van der Waals surface area contributed by atoms with E-state index >= 15 is 0 Å². The molecule has 0 aliphatic carbocycles. The third-order valence-electron chi connectivity index (χ3n) is 2.57. The summed E-state index contributed by atoms with van der Waals surface area (Å²) in [4.78, 5) is 2.26. The molecule has 0 saturated carbocycles. The Bertz CT molecular complexity index is 115. The fraction of sp³-hybridized carbons (Fsp3) is 1.00. The quantitative estimate of drug-likeness (QED) is 0.658. The van der Waals surface area contributed by atoms with Gasteiger partial charge in [-0.3, -0.25) is 0 Å². The molecule has 11 heavy (non-hydrogen) atoms. The van der Waals surface area contributed by atoms with Crippen molar-refractivity contribution in [2.45, 2.75) is 31.7 Å². The van der Waals surface area contributed by atoms with E-state index in [1.54, 1.807) is 0 Å². The zero-order valence-corrected chi connectivity index (χ0v) is 7.98. The highest BCUT2D eigenvalue weighted by atomic mass is 15.1. The first-order valence-electron chi connectivity index (χ1n) is 4.52. The maximum atomic E-state index is 3.56. The first-order chi connectivity index (χ1) is 5.12. The van der Waals surface area contributed by atoms with E-state index in [0.717, 1.165) is 0 Å². The predicted octanol–water partition coefficient (Wildman–Crippen LogP) is 1.08. The third kappa shape index (κ3) is 2.80. The van der Waals surface area contributed by atoms with Crippen molar-refractivity contribution in [1.29, 1.82) is 0 Å². The van der Waals surface area contributed by atoms with Crippen LogP contribution in [0.1, 0.15) is 26.2 Å². The summed E-state index contributed by atoms with van der Waals surface area (Å²) in [6.45, 7) is 4.75. The molecule has 0 aromatic rings. The Balaban J connectivity index is 2.23. The van der Waals surface area contributed by atoms with Crippen molar-refractivity contribution in [1.82, 2.24) is 10.2 Å². The van der Waals surface area contributed by atoms with E-state index in [9.17, 15) is 0 Å². The molecule has 1 aliphatic rings. The second-order valence-corrected chi connectivity index (χ2v) is 4.14. The lowest BCUT2D eigenvalue weighted by Gasteiger charge is -2.25. The average molecular weight is 156 g/mol. The minimum atomic E-state index is 0.435. The first kappa shape index (κ1) is 9.01. The van der Waals surface area contributed by atoms with E-state index in [0.29, 0.717) is 5.54 Å². The molecule has 1 heterocycles. The summed E-state index contributed by atoms with van der Waals surface area (Å²) in [5, 5.41) is 3.56. The van der Waals surface area contributed by atoms with Crippen molar-refractivity contribution < 1.29 is 0 Å². The molecule has 0 amide bonds. The van der Waals surface area contributed by atoms with E-state index in [-0.39, 0.29) is 0 Å². The normalized spacial score (nSPS) is 31.6. The summed E-state index contributed by atoms with van der Waals surface area (Å²) < 4.78 is 0. The van der Waals surface area contributed by atoms with Crippen molar-refractivity contribution in [3.05, 3.63) is 0 Å². The highest BCUT2D eigenvalue weighted by molar-refractivity contribution is 4.88. The third-order valence-corrected chi connectivity index (χ3v) is 2.57. The molecule has 2 heteroatoms. The summed E-state index contributed by atoms with van der Waals surface area (Å²) in [7, 11) is 4.27. The van der Waals surface area contributed by atoms with Crippen molar-refractivity contribution in [2.24, 2.45) is 0 Å². The van der Waals surface area contributed by atoms with Gasteiger partial charge in [0.05, 0.1) is 0 Å². The molecule has 1 aliphatic heterocycles. The maximum absolute atomic E-state index is 3.56. The smallest absolute Gasteiger partial charge is 0.0166 e. The Morgan fingerprint density at radius 2 is 2.18 bits per heavy atom. The van der Waals surface area contributed by atoms with Crippen LogP contribution in [0.3, 0.4) is 0 Å². The molecule has 1 saturated heterocycles. The fourth-order valence-electron chi connectivity index (χ4n) is 1.64. The topological polar surface area (TPSA) is 15.3 Å². The zero-order valence-electron chi connectivity index (χ0n) is 7.98. The number of nitrogens with one attached hydrogen (secondary N) is 1. The van der Waals surface area contributed by atoms with Gasteiger partial charge in [-0.05, 0) is 53.4 Å². The SMILES string of the molecule is CN(C)CCC1(C)CCCN1. The van der Waals surface area contributed by atoms with Crippen LogP contribution in [0.5, 0.6) is 0 Å². The van der Waals surface area contributed by atoms with Crippen molar-refractivity contribution in [2.75, 3.05) is 27.2 Å². The summed E-state index contributed by atoms with van der Waals surface area (Å²) in [6, 6.07) is 0. The van der Waals surface area contributed by atoms with Gasteiger partial charge >= 0.3 is 0 Å². The minimum absolute atomic E-state index is 0.435. The van der Waals surface area contributed by atoms with Gasteiger partial charge in [0.15, 0.2) is 0 Å². The minimum Gasteiger partial charge on any atom is -0.311 e. The zero-order chi connectivity index (χ0) is 8.32. The molecule has 0 spiro atoms. The second-order valence-electron chi connectivity index (χ2n) is 4.14. The molecule has 66 valence electrons. The second kappa shape index (κ2) is 3.55. The van der Waals surface area contributed by atoms with E-state index < -0.39 is 0 Å². The van der Waals surface area contributed by atoms with Crippen LogP contribution in [-0.4, -0.2) is 37.6 Å². The summed E-state index contributed by atoms with van der Waals surface area (Å²) >= 11 is 0. The summed E-state index contributed by atoms with van der Waals surface area (Å²) in [5.41, 5.74) is 0.435. The lowest BCUT2D eigenvalue weighted by atomic mass is 9.96. The Morgan fingerprint density at radius 3 is 2.64 bits per heavy atom. The summed E-state index contributed by atoms with van der Waals surface area (Å²) in [6.07, 6.45) is 3.98. The molecule has 0 aromatic carbocycles. The van der Waals surface area contributed by atoms with Crippen LogP contribution in [0.4, 0.5) is 0 Å². The molecule has 1 N–H and O–H groups in total. The lowest BCUT2D eigenvalue weighted by Crippen LogP contribution is -2.38. The maximum Gasteiger partial charge on any atom is 0.0166 e. The lowest BCUT2D eigenvalue weighted by molar-refractivity contribution is 0.307. The number of hydrogen-bond acceptors (Lipinski definition) is 2. The van der Waals surface area contributed by atoms with Gasteiger partial charge in [-0.1, -0.05) is 0 Å². The molecule has 1 atom stereocenters. The molecule has 0 radical (unpaired) electrons. The number of nitrogens with zero attached hydrogens (tertiary/aromatic N) is 1. The van der Waals surface area contributed by atoms with Gasteiger partial charge in [-0.2, -0.15) is 0 Å². The van der Waals surface area contributed by atoms with Crippen LogP contribution in [0, 0.1) is 0 Å². The van der Waals surface area contributed by atoms with Crippen molar-refractivity contribution in [3.8, 4) is 0 Å². The highest BCUT2D eigenvalue weighted by Gasteiger charge is 2.27. The average Bonchev–Trinajstić information content (AvgIpc) is 2.33. The van der Waals surface area contributed by atoms with Gasteiger partial charge in [0, 0.05) is 5.54 Å². The monoisotopic (exact) mass is 156 g/mol. The predicted molar refractivity (Wildman–Crippen MR) is 48.8 cm³/mol. The van der Waals surface area contributed by atoms with Gasteiger partial charge in [0.1, 0.15) is 0 Å². The van der Waals surface area contributed by atoms with Gasteiger partial charge < -0.3 is 10.2 Å². The van der Waals surface area contributed by atoms with Crippen LogP contribution in [-0.2, 0) is 0 Å². The van der Waals surface area contributed by atoms with Crippen molar-refractivity contribution in [3.63, 3.8) is 0 Å². The van der Waals surface area contributed by atoms with Crippen molar-refractivity contribution >= 4 is 0 Å². The van der Waals surface area contributed by atoms with E-state index in [4.69, 9.17) is 0 Å². The largest absolute Gasteiger partial charge is 0.311 e. The Kier molecular flexibility index (Phi) is 2.90. The number of rotatable bonds is 3. The molecular weight excluding hydrogens is 136 g/mol. The number of hydrogen-bond donors (Lipinski definition) is 1. The van der Waals surface area contributed by atoms with E-state index in [1.807, 2.05) is 0 Å². The molecular formula is C9H20N2. The van der Waals surface area contributed by atoms with E-state index in [2.05, 4.69) is 31.2 Å². The Morgan fingerprint density at radius 1 is 1.45 bits per heavy atom. The first-order valence-corrected chi connectivity index (χ1v) is 4.52. The molecule has 0 bridgehead atoms. The van der Waals surface area contributed by atoms with Gasteiger partial charge in [0.25, 0.3) is 0 Å². The van der Waals surface area contributed by atoms with E-state index in [1.165, 1.54) is 32.4 Å². The van der Waals surface area contributed by atoms with Crippen LogP contribution < -0.4 is 5.32 Å². The van der Waals surface area contributed by atoms with Gasteiger partial charge in [0.2, 0.25) is 0 Å². The van der Waals surface area contributed by atoms with Crippen LogP contribution in [0.2, 0.25) is 0 Å². The highest BCUT2D eigenvalue weighted by Crippen LogP contribution is 2.21. The standard InChI is InChI=1S/C9H20N2/c1-9(5-4-7-10-9)6-8-11(2)3/h10H,4-8H2,1-3H3. The van der Waals surface area contributed by atoms with Crippen LogP contribution in [0.25, 0.3) is 0 Å². The molecule has 1 unspecified atom stereocenters. The summed E-state index contributed by atoms with van der Waals surface area (Å²) in [5.74, 6) is 0. The fourth-order valence-corrected chi connectivity index (χ4v) is 1.64. The molecule has 1 rings (SSSR count). The Labute approximate surface area is 70.0 Å². The van der Waals surface area contributed by atoms with Crippen LogP contribution >= 0.6 is 0 Å². The molecule has 1 fully saturated rings. The Hall–Kier alpha value is -0.0800. The van der Waals surface area contributed by atoms with Gasteiger partial charge in [-0.25, -0.2) is 0 Å².